The van der Waals surface area contributed by atoms with Crippen molar-refractivity contribution in [2.75, 3.05) is 7.11 Å². The molecule has 1 N–H and O–H groups in total. The van der Waals surface area contributed by atoms with Crippen LogP contribution in [0.2, 0.25) is 0 Å². The van der Waals surface area contributed by atoms with Crippen LogP contribution in [-0.4, -0.2) is 28.5 Å². The molecule has 1 unspecified atom stereocenters. The van der Waals surface area contributed by atoms with E-state index < -0.39 is 0 Å². The summed E-state index contributed by atoms with van der Waals surface area (Å²) in [6.45, 7) is 2.29. The number of rotatable bonds is 7. The highest BCUT2D eigenvalue weighted by atomic mass is 32.2. The number of hydrogen-bond acceptors (Lipinski definition) is 6. The van der Waals surface area contributed by atoms with Crippen LogP contribution in [0.15, 0.2) is 64.2 Å². The van der Waals surface area contributed by atoms with Crippen molar-refractivity contribution in [2.24, 2.45) is 0 Å². The predicted octanol–water partition coefficient (Wildman–Crippen LogP) is 3.54. The number of ether oxygens (including phenoxy) is 1. The maximum Gasteiger partial charge on any atom is 0.277 e. The van der Waals surface area contributed by atoms with Crippen LogP contribution in [0.1, 0.15) is 12.5 Å². The Kier molecular flexibility index (Phi) is 5.91. The first-order valence-electron chi connectivity index (χ1n) is 8.12. The number of amides is 1. The molecule has 0 aliphatic rings. The molecule has 2 aromatic carbocycles. The van der Waals surface area contributed by atoms with Crippen LogP contribution in [0.3, 0.4) is 0 Å². The lowest BCUT2D eigenvalue weighted by Gasteiger charge is -2.09. The summed E-state index contributed by atoms with van der Waals surface area (Å²) in [6, 6.07) is 17.2. The number of nitrogens with zero attached hydrogens (tertiary/aromatic N) is 2. The van der Waals surface area contributed by atoms with Gasteiger partial charge in [0.15, 0.2) is 0 Å². The Balaban J connectivity index is 1.60. The van der Waals surface area contributed by atoms with Crippen LogP contribution < -0.4 is 10.1 Å². The molecule has 0 spiro atoms. The number of carbonyl (C=O) groups is 1. The summed E-state index contributed by atoms with van der Waals surface area (Å²) in [6.07, 6.45) is 0. The molecule has 0 aliphatic heterocycles. The van der Waals surface area contributed by atoms with Gasteiger partial charge in [-0.05, 0) is 24.6 Å². The summed E-state index contributed by atoms with van der Waals surface area (Å²) in [5.74, 6) is 0.930. The van der Waals surface area contributed by atoms with Gasteiger partial charge < -0.3 is 14.5 Å². The zero-order chi connectivity index (χ0) is 18.4. The second-order valence-corrected chi connectivity index (χ2v) is 6.83. The zero-order valence-corrected chi connectivity index (χ0v) is 15.3. The van der Waals surface area contributed by atoms with Crippen LogP contribution in [0.25, 0.3) is 11.5 Å². The van der Waals surface area contributed by atoms with E-state index in [4.69, 9.17) is 9.15 Å². The topological polar surface area (TPSA) is 77.2 Å². The molecular weight excluding hydrogens is 350 g/mol. The van der Waals surface area contributed by atoms with Gasteiger partial charge in [-0.15, -0.1) is 10.2 Å². The molecule has 0 fully saturated rings. The average molecular weight is 369 g/mol. The third-order valence-electron chi connectivity index (χ3n) is 3.70. The Labute approximate surface area is 156 Å². The fraction of sp³-hybridized carbons (Fsp3) is 0.211. The number of nitrogens with one attached hydrogen (secondary N) is 1. The van der Waals surface area contributed by atoms with Crippen LogP contribution in [0, 0.1) is 0 Å². The molecule has 0 aliphatic carbocycles. The first-order chi connectivity index (χ1) is 12.7. The molecule has 1 heterocycles. The van der Waals surface area contributed by atoms with Crippen molar-refractivity contribution in [2.45, 2.75) is 23.9 Å². The summed E-state index contributed by atoms with van der Waals surface area (Å²) in [4.78, 5) is 12.3. The van der Waals surface area contributed by atoms with Crippen molar-refractivity contribution < 1.29 is 13.9 Å². The van der Waals surface area contributed by atoms with Gasteiger partial charge in [0.25, 0.3) is 11.1 Å². The second-order valence-electron chi connectivity index (χ2n) is 5.54. The standard InChI is InChI=1S/C19H19N3O3S/c1-13(17(23)20-12-14-8-4-3-5-9-14)26-19-22-21-18(25-19)15-10-6-7-11-16(15)24-2/h3-11,13H,12H2,1-2H3,(H,20,23). The van der Waals surface area contributed by atoms with E-state index >= 15 is 0 Å². The quantitative estimate of drug-likeness (QED) is 0.642. The van der Waals surface area contributed by atoms with Gasteiger partial charge in [0, 0.05) is 6.54 Å². The number of para-hydroxylation sites is 1. The van der Waals surface area contributed by atoms with E-state index in [1.165, 1.54) is 11.8 Å². The number of aromatic nitrogens is 2. The molecule has 3 rings (SSSR count). The molecule has 3 aromatic rings. The Bertz CT molecular complexity index is 867. The lowest BCUT2D eigenvalue weighted by atomic mass is 10.2. The van der Waals surface area contributed by atoms with Crippen LogP contribution in [-0.2, 0) is 11.3 Å². The number of thioether (sulfide) groups is 1. The monoisotopic (exact) mass is 369 g/mol. The van der Waals surface area contributed by atoms with Crippen molar-refractivity contribution in [3.8, 4) is 17.2 Å². The lowest BCUT2D eigenvalue weighted by Crippen LogP contribution is -2.30. The van der Waals surface area contributed by atoms with Gasteiger partial charge in [-0.3, -0.25) is 4.79 Å². The fourth-order valence-electron chi connectivity index (χ4n) is 2.32. The normalized spacial score (nSPS) is 11.8. The highest BCUT2D eigenvalue weighted by Gasteiger charge is 2.19. The van der Waals surface area contributed by atoms with Gasteiger partial charge >= 0.3 is 0 Å². The van der Waals surface area contributed by atoms with E-state index in [1.807, 2.05) is 54.6 Å². The van der Waals surface area contributed by atoms with Gasteiger partial charge in [-0.1, -0.05) is 54.2 Å². The van der Waals surface area contributed by atoms with E-state index in [1.54, 1.807) is 14.0 Å². The van der Waals surface area contributed by atoms with Crippen LogP contribution in [0.5, 0.6) is 5.75 Å². The van der Waals surface area contributed by atoms with E-state index in [9.17, 15) is 4.79 Å². The highest BCUT2D eigenvalue weighted by Crippen LogP contribution is 2.31. The van der Waals surface area contributed by atoms with Gasteiger partial charge in [-0.2, -0.15) is 0 Å². The van der Waals surface area contributed by atoms with E-state index in [-0.39, 0.29) is 11.2 Å². The molecule has 0 radical (unpaired) electrons. The second kappa shape index (κ2) is 8.53. The van der Waals surface area contributed by atoms with E-state index in [0.717, 1.165) is 11.1 Å². The Morgan fingerprint density at radius 3 is 2.65 bits per heavy atom. The largest absolute Gasteiger partial charge is 0.496 e. The molecule has 1 amide bonds. The zero-order valence-electron chi connectivity index (χ0n) is 14.5. The van der Waals surface area contributed by atoms with E-state index in [2.05, 4.69) is 15.5 Å². The van der Waals surface area contributed by atoms with Crippen molar-refractivity contribution in [1.29, 1.82) is 0 Å². The lowest BCUT2D eigenvalue weighted by molar-refractivity contribution is -0.120. The van der Waals surface area contributed by atoms with E-state index in [0.29, 0.717) is 23.4 Å². The molecule has 6 nitrogen and oxygen atoms in total. The highest BCUT2D eigenvalue weighted by molar-refractivity contribution is 8.00. The third-order valence-corrected chi connectivity index (χ3v) is 4.63. The minimum Gasteiger partial charge on any atom is -0.496 e. The molecule has 26 heavy (non-hydrogen) atoms. The van der Waals surface area contributed by atoms with Crippen molar-refractivity contribution >= 4 is 17.7 Å². The number of methoxy groups -OCH3 is 1. The minimum absolute atomic E-state index is 0.0871. The first kappa shape index (κ1) is 18.0. The Hall–Kier alpha value is -2.80. The number of benzene rings is 2. The van der Waals surface area contributed by atoms with Gasteiger partial charge in [0.2, 0.25) is 5.91 Å². The van der Waals surface area contributed by atoms with Gasteiger partial charge in [-0.25, -0.2) is 0 Å². The van der Waals surface area contributed by atoms with Crippen molar-refractivity contribution in [3.05, 3.63) is 60.2 Å². The molecule has 0 bridgehead atoms. The summed E-state index contributed by atoms with van der Waals surface area (Å²) in [5.41, 5.74) is 1.77. The summed E-state index contributed by atoms with van der Waals surface area (Å²) in [7, 11) is 1.59. The SMILES string of the molecule is COc1ccccc1-c1nnc(SC(C)C(=O)NCc2ccccc2)o1. The molecular formula is C19H19N3O3S. The molecule has 0 saturated carbocycles. The summed E-state index contributed by atoms with van der Waals surface area (Å²) in [5, 5.41) is 11.0. The number of hydrogen-bond donors (Lipinski definition) is 1. The molecule has 0 saturated heterocycles. The number of carbonyl (C=O) groups excluding carboxylic acids is 1. The Morgan fingerprint density at radius 1 is 1.15 bits per heavy atom. The average Bonchev–Trinajstić information content (AvgIpc) is 3.15. The van der Waals surface area contributed by atoms with Crippen molar-refractivity contribution in [3.63, 3.8) is 0 Å². The fourth-order valence-corrected chi connectivity index (χ4v) is 3.03. The maximum atomic E-state index is 12.3. The Morgan fingerprint density at radius 2 is 1.88 bits per heavy atom. The third kappa shape index (κ3) is 4.43. The van der Waals surface area contributed by atoms with Crippen LogP contribution in [0.4, 0.5) is 0 Å². The maximum absolute atomic E-state index is 12.3. The summed E-state index contributed by atoms with van der Waals surface area (Å²) >= 11 is 1.22. The smallest absolute Gasteiger partial charge is 0.277 e. The molecule has 1 aromatic heterocycles. The molecule has 1 atom stereocenters. The van der Waals surface area contributed by atoms with Crippen molar-refractivity contribution in [1.82, 2.24) is 15.5 Å². The minimum atomic E-state index is -0.357. The predicted molar refractivity (Wildman–Crippen MR) is 99.9 cm³/mol. The summed E-state index contributed by atoms with van der Waals surface area (Å²) < 4.78 is 11.0. The molecule has 134 valence electrons. The van der Waals surface area contributed by atoms with Gasteiger partial charge in [0.1, 0.15) is 5.75 Å². The first-order valence-corrected chi connectivity index (χ1v) is 9.00. The van der Waals surface area contributed by atoms with Gasteiger partial charge in [0.05, 0.1) is 17.9 Å². The molecule has 7 heteroatoms. The van der Waals surface area contributed by atoms with Crippen LogP contribution >= 0.6 is 11.8 Å².